The van der Waals surface area contributed by atoms with Crippen molar-refractivity contribution in [2.24, 2.45) is 5.92 Å². The van der Waals surface area contributed by atoms with Crippen molar-refractivity contribution < 1.29 is 4.79 Å². The summed E-state index contributed by atoms with van der Waals surface area (Å²) in [7, 11) is 0. The van der Waals surface area contributed by atoms with E-state index in [1.807, 2.05) is 6.20 Å². The molecule has 5 heteroatoms. The molecule has 0 spiro atoms. The Morgan fingerprint density at radius 2 is 2.47 bits per heavy atom. The number of H-pyrrole nitrogens is 1. The van der Waals surface area contributed by atoms with E-state index in [9.17, 15) is 4.79 Å². The third-order valence-corrected chi connectivity index (χ3v) is 3.24. The highest BCUT2D eigenvalue weighted by molar-refractivity contribution is 5.79. The maximum atomic E-state index is 11.1. The van der Waals surface area contributed by atoms with Crippen molar-refractivity contribution in [3.05, 3.63) is 18.2 Å². The maximum Gasteiger partial charge on any atom is 0.220 e. The largest absolute Gasteiger partial charge is 0.352 e. The highest BCUT2D eigenvalue weighted by Crippen LogP contribution is 2.25. The number of hydrogen-bond donors (Lipinski definition) is 2. The summed E-state index contributed by atoms with van der Waals surface area (Å²) in [5.41, 5.74) is 0. The van der Waals surface area contributed by atoms with E-state index < -0.39 is 0 Å². The van der Waals surface area contributed by atoms with Gasteiger partial charge in [-0.05, 0) is 0 Å². The number of nitrogens with zero attached hydrogens (tertiary/aromatic N) is 2. The lowest BCUT2D eigenvalue weighted by molar-refractivity contribution is -0.119. The van der Waals surface area contributed by atoms with Gasteiger partial charge in [0.25, 0.3) is 0 Å². The van der Waals surface area contributed by atoms with Crippen LogP contribution in [0.4, 0.5) is 0 Å². The van der Waals surface area contributed by atoms with Gasteiger partial charge in [0.15, 0.2) is 0 Å². The Labute approximate surface area is 87.9 Å². The van der Waals surface area contributed by atoms with Crippen LogP contribution in [0.1, 0.15) is 12.2 Å². The number of aromatic amines is 1. The molecule has 0 aliphatic carbocycles. The SMILES string of the molecule is O=C1C[C@H]2CN(Cc3ncc[nH]3)C[C@H]2N1. The Bertz CT molecular complexity index is 346. The van der Waals surface area contributed by atoms with E-state index in [1.54, 1.807) is 6.20 Å². The molecule has 0 unspecified atom stereocenters. The van der Waals surface area contributed by atoms with Gasteiger partial charge in [-0.3, -0.25) is 9.69 Å². The molecule has 2 saturated heterocycles. The normalized spacial score (nSPS) is 30.5. The van der Waals surface area contributed by atoms with Gasteiger partial charge in [-0.15, -0.1) is 0 Å². The molecular weight excluding hydrogens is 192 g/mol. The molecule has 1 aromatic heterocycles. The van der Waals surface area contributed by atoms with E-state index in [4.69, 9.17) is 0 Å². The van der Waals surface area contributed by atoms with E-state index in [-0.39, 0.29) is 5.91 Å². The van der Waals surface area contributed by atoms with Crippen LogP contribution < -0.4 is 5.32 Å². The highest BCUT2D eigenvalue weighted by Gasteiger charge is 2.39. The second kappa shape index (κ2) is 3.34. The van der Waals surface area contributed by atoms with Crippen molar-refractivity contribution >= 4 is 5.91 Å². The number of hydrogen-bond acceptors (Lipinski definition) is 3. The van der Waals surface area contributed by atoms with Crippen LogP contribution in [0.25, 0.3) is 0 Å². The average molecular weight is 206 g/mol. The lowest BCUT2D eigenvalue weighted by Crippen LogP contribution is -2.32. The minimum Gasteiger partial charge on any atom is -0.352 e. The summed E-state index contributed by atoms with van der Waals surface area (Å²) < 4.78 is 0. The van der Waals surface area contributed by atoms with Crippen LogP contribution in [0.5, 0.6) is 0 Å². The molecule has 0 saturated carbocycles. The van der Waals surface area contributed by atoms with Gasteiger partial charge >= 0.3 is 0 Å². The van der Waals surface area contributed by atoms with Gasteiger partial charge in [0, 0.05) is 43.9 Å². The quantitative estimate of drug-likeness (QED) is 0.700. The van der Waals surface area contributed by atoms with Crippen molar-refractivity contribution in [1.82, 2.24) is 20.2 Å². The van der Waals surface area contributed by atoms with Gasteiger partial charge < -0.3 is 10.3 Å². The predicted molar refractivity (Wildman–Crippen MR) is 53.9 cm³/mol. The van der Waals surface area contributed by atoms with Crippen molar-refractivity contribution in [2.45, 2.75) is 19.0 Å². The number of imidazole rings is 1. The van der Waals surface area contributed by atoms with E-state index in [0.29, 0.717) is 18.4 Å². The zero-order chi connectivity index (χ0) is 10.3. The fourth-order valence-corrected chi connectivity index (χ4v) is 2.56. The van der Waals surface area contributed by atoms with Crippen LogP contribution >= 0.6 is 0 Å². The topological polar surface area (TPSA) is 61.0 Å². The van der Waals surface area contributed by atoms with Crippen molar-refractivity contribution in [3.63, 3.8) is 0 Å². The number of carbonyl (C=O) groups is 1. The Balaban J connectivity index is 1.61. The predicted octanol–water partition coefficient (Wildman–Crippen LogP) is -0.270. The van der Waals surface area contributed by atoms with Gasteiger partial charge in [0.1, 0.15) is 5.82 Å². The Kier molecular flexibility index (Phi) is 1.98. The second-order valence-corrected chi connectivity index (χ2v) is 4.37. The lowest BCUT2D eigenvalue weighted by Gasteiger charge is -2.14. The standard InChI is InChI=1S/C10H14N4O/c15-10-3-7-4-14(5-8(7)13-10)6-9-11-1-2-12-9/h1-2,7-8H,3-6H2,(H,11,12)(H,13,15)/t7-,8+/m0/s1. The first kappa shape index (κ1) is 8.91. The molecule has 2 atom stereocenters. The van der Waals surface area contributed by atoms with Crippen LogP contribution in [-0.2, 0) is 11.3 Å². The smallest absolute Gasteiger partial charge is 0.220 e. The van der Waals surface area contributed by atoms with Crippen molar-refractivity contribution in [3.8, 4) is 0 Å². The van der Waals surface area contributed by atoms with E-state index in [0.717, 1.165) is 25.5 Å². The summed E-state index contributed by atoms with van der Waals surface area (Å²) in [5.74, 6) is 1.72. The molecule has 5 nitrogen and oxygen atoms in total. The molecule has 2 fully saturated rings. The Hall–Kier alpha value is -1.36. The molecule has 1 aromatic rings. The van der Waals surface area contributed by atoms with Crippen LogP contribution in [0.15, 0.2) is 12.4 Å². The third-order valence-electron chi connectivity index (χ3n) is 3.24. The maximum absolute atomic E-state index is 11.1. The zero-order valence-electron chi connectivity index (χ0n) is 8.44. The van der Waals surface area contributed by atoms with Gasteiger partial charge in [-0.1, -0.05) is 0 Å². The number of likely N-dealkylation sites (tertiary alicyclic amines) is 1. The summed E-state index contributed by atoms with van der Waals surface area (Å²) in [6.07, 6.45) is 4.31. The monoisotopic (exact) mass is 206 g/mol. The molecule has 15 heavy (non-hydrogen) atoms. The molecule has 2 aliphatic rings. The molecule has 0 radical (unpaired) electrons. The van der Waals surface area contributed by atoms with E-state index in [1.165, 1.54) is 0 Å². The minimum atomic E-state index is 0.211. The number of fused-ring (bicyclic) bond motifs is 1. The van der Waals surface area contributed by atoms with Crippen LogP contribution in [0.2, 0.25) is 0 Å². The van der Waals surface area contributed by atoms with Gasteiger partial charge in [0.2, 0.25) is 5.91 Å². The molecule has 2 N–H and O–H groups in total. The van der Waals surface area contributed by atoms with Crippen LogP contribution in [0, 0.1) is 5.92 Å². The Morgan fingerprint density at radius 1 is 1.53 bits per heavy atom. The molecule has 1 amide bonds. The zero-order valence-corrected chi connectivity index (χ0v) is 8.44. The molecular formula is C10H14N4O. The van der Waals surface area contributed by atoms with Gasteiger partial charge in [0.05, 0.1) is 6.54 Å². The number of nitrogens with one attached hydrogen (secondary N) is 2. The molecule has 2 aliphatic heterocycles. The fraction of sp³-hybridized carbons (Fsp3) is 0.600. The summed E-state index contributed by atoms with van der Waals surface area (Å²) in [4.78, 5) is 20.8. The number of aromatic nitrogens is 2. The lowest BCUT2D eigenvalue weighted by atomic mass is 10.1. The first-order valence-corrected chi connectivity index (χ1v) is 5.31. The molecule has 80 valence electrons. The first-order valence-electron chi connectivity index (χ1n) is 5.31. The molecule has 3 rings (SSSR count). The third kappa shape index (κ3) is 1.63. The fourth-order valence-electron chi connectivity index (χ4n) is 2.56. The van der Waals surface area contributed by atoms with Crippen molar-refractivity contribution in [2.75, 3.05) is 13.1 Å². The summed E-state index contributed by atoms with van der Waals surface area (Å²) in [6.45, 7) is 2.82. The summed E-state index contributed by atoms with van der Waals surface area (Å²) >= 11 is 0. The Morgan fingerprint density at radius 3 is 3.20 bits per heavy atom. The highest BCUT2D eigenvalue weighted by atomic mass is 16.2. The average Bonchev–Trinajstić information content (AvgIpc) is 2.81. The second-order valence-electron chi connectivity index (χ2n) is 4.37. The molecule has 3 heterocycles. The number of amides is 1. The van der Waals surface area contributed by atoms with Crippen LogP contribution in [0.3, 0.4) is 0 Å². The van der Waals surface area contributed by atoms with E-state index >= 15 is 0 Å². The van der Waals surface area contributed by atoms with Gasteiger partial charge in [-0.25, -0.2) is 4.98 Å². The van der Waals surface area contributed by atoms with Crippen molar-refractivity contribution in [1.29, 1.82) is 0 Å². The first-order chi connectivity index (χ1) is 7.31. The molecule has 0 aromatic carbocycles. The van der Waals surface area contributed by atoms with Crippen LogP contribution in [-0.4, -0.2) is 39.9 Å². The number of carbonyl (C=O) groups excluding carboxylic acids is 1. The summed E-state index contributed by atoms with van der Waals surface area (Å²) in [6, 6.07) is 0.368. The van der Waals surface area contributed by atoms with Gasteiger partial charge in [-0.2, -0.15) is 0 Å². The minimum absolute atomic E-state index is 0.211. The van der Waals surface area contributed by atoms with E-state index in [2.05, 4.69) is 20.2 Å². The summed E-state index contributed by atoms with van der Waals surface area (Å²) in [5, 5.41) is 3.01. The number of rotatable bonds is 2. The molecule has 0 bridgehead atoms.